The Hall–Kier alpha value is -4.63. The molecule has 222 valence electrons. The molecule has 2 aromatic heterocycles. The highest BCUT2D eigenvalue weighted by atomic mass is 19.4. The molecule has 0 radical (unpaired) electrons. The van der Waals surface area contributed by atoms with Crippen molar-refractivity contribution in [3.05, 3.63) is 48.3 Å². The lowest BCUT2D eigenvalue weighted by molar-refractivity contribution is -0.137. The van der Waals surface area contributed by atoms with E-state index in [0.717, 1.165) is 12.1 Å². The highest BCUT2D eigenvalue weighted by Crippen LogP contribution is 2.36. The molecule has 0 spiro atoms. The minimum Gasteiger partial charge on any atom is -0.487 e. The molecule has 1 aliphatic heterocycles. The van der Waals surface area contributed by atoms with Crippen molar-refractivity contribution in [3.8, 4) is 11.5 Å². The van der Waals surface area contributed by atoms with E-state index in [2.05, 4.69) is 35.9 Å². The molecule has 12 nitrogen and oxygen atoms in total. The fourth-order valence-electron chi connectivity index (χ4n) is 3.97. The van der Waals surface area contributed by atoms with Gasteiger partial charge in [-0.25, -0.2) is 4.98 Å². The van der Waals surface area contributed by atoms with Gasteiger partial charge in [0.2, 0.25) is 11.9 Å². The van der Waals surface area contributed by atoms with Crippen LogP contribution in [0.15, 0.2) is 42.7 Å². The number of fused-ring (bicyclic) bond motifs is 2. The van der Waals surface area contributed by atoms with Gasteiger partial charge in [-0.15, -0.1) is 0 Å². The van der Waals surface area contributed by atoms with E-state index in [1.54, 1.807) is 25.1 Å². The van der Waals surface area contributed by atoms with Crippen LogP contribution in [0.5, 0.6) is 11.5 Å². The molecule has 0 bridgehead atoms. The van der Waals surface area contributed by atoms with E-state index in [1.165, 1.54) is 12.4 Å². The van der Waals surface area contributed by atoms with E-state index in [0.29, 0.717) is 68.0 Å². The summed E-state index contributed by atoms with van der Waals surface area (Å²) < 4.78 is 62.8. The van der Waals surface area contributed by atoms with Crippen molar-refractivity contribution in [2.45, 2.75) is 19.5 Å². The maximum Gasteiger partial charge on any atom is 0.416 e. The van der Waals surface area contributed by atoms with Gasteiger partial charge in [-0.1, -0.05) is 6.92 Å². The number of hydrogen-bond acceptors (Lipinski definition) is 10. The van der Waals surface area contributed by atoms with Crippen molar-refractivity contribution in [3.63, 3.8) is 0 Å². The van der Waals surface area contributed by atoms with Crippen molar-refractivity contribution in [2.24, 2.45) is 0 Å². The van der Waals surface area contributed by atoms with Gasteiger partial charge in [0.05, 0.1) is 49.7 Å². The van der Waals surface area contributed by atoms with E-state index in [-0.39, 0.29) is 29.6 Å². The number of alkyl halides is 3. The third kappa shape index (κ3) is 7.16. The van der Waals surface area contributed by atoms with E-state index in [9.17, 15) is 18.0 Å². The van der Waals surface area contributed by atoms with E-state index in [4.69, 9.17) is 18.9 Å². The Balaban J connectivity index is 1.43. The van der Waals surface area contributed by atoms with Crippen LogP contribution in [-0.2, 0) is 20.4 Å². The standard InChI is InChI=1S/C27H28F3N7O5/c1-2-22(38)34-19-13-16(27(28,29)30)3-5-18(19)35-25-23-24(32-15-31-23)36-26(37-25)33-17-4-6-20-21(14-17)42-12-10-40-8-7-39-9-11-41-20/h3-6,13-15H,2,7-12H2,1H3,(H,34,38)(H3,31,32,33,35,36,37). The molecule has 4 N–H and O–H groups in total. The lowest BCUT2D eigenvalue weighted by atomic mass is 10.1. The Morgan fingerprint density at radius 1 is 0.905 bits per heavy atom. The quantitative estimate of drug-likeness (QED) is 0.243. The van der Waals surface area contributed by atoms with Crippen LogP contribution in [0.4, 0.5) is 42.0 Å². The van der Waals surface area contributed by atoms with E-state index in [1.807, 2.05) is 0 Å². The normalized spacial score (nSPS) is 14.5. The Bertz CT molecular complexity index is 1550. The predicted octanol–water partition coefficient (Wildman–Crippen LogP) is 5.01. The molecule has 4 aromatic rings. The number of aromatic nitrogens is 4. The fraction of sp³-hybridized carbons (Fsp3) is 0.333. The fourth-order valence-corrected chi connectivity index (χ4v) is 3.97. The zero-order valence-corrected chi connectivity index (χ0v) is 22.5. The summed E-state index contributed by atoms with van der Waals surface area (Å²) in [5.41, 5.74) is 0.511. The molecule has 0 fully saturated rings. The molecule has 2 aromatic carbocycles. The number of nitrogens with one attached hydrogen (secondary N) is 4. The second-order valence-corrected chi connectivity index (χ2v) is 8.99. The van der Waals surface area contributed by atoms with Crippen LogP contribution in [0.2, 0.25) is 0 Å². The number of carbonyl (C=O) groups is 1. The summed E-state index contributed by atoms with van der Waals surface area (Å²) in [5.74, 6) is 0.908. The number of halogens is 3. The number of hydrogen-bond donors (Lipinski definition) is 4. The molecule has 1 amide bonds. The summed E-state index contributed by atoms with van der Waals surface area (Å²) in [6.45, 7) is 3.95. The smallest absolute Gasteiger partial charge is 0.416 e. The van der Waals surface area contributed by atoms with E-state index < -0.39 is 17.6 Å². The summed E-state index contributed by atoms with van der Waals surface area (Å²) in [5, 5.41) is 8.62. The average Bonchev–Trinajstić information content (AvgIpc) is 3.43. The first-order chi connectivity index (χ1) is 20.3. The van der Waals surface area contributed by atoms with Crippen LogP contribution in [0.25, 0.3) is 11.2 Å². The van der Waals surface area contributed by atoms with Gasteiger partial charge in [0, 0.05) is 18.2 Å². The summed E-state index contributed by atoms with van der Waals surface area (Å²) in [6.07, 6.45) is -3.10. The lowest BCUT2D eigenvalue weighted by Crippen LogP contribution is -2.15. The maximum atomic E-state index is 13.4. The molecular weight excluding hydrogens is 559 g/mol. The first-order valence-electron chi connectivity index (χ1n) is 13.1. The molecule has 0 saturated heterocycles. The number of nitrogens with zero attached hydrogens (tertiary/aromatic N) is 3. The monoisotopic (exact) mass is 587 g/mol. The number of amides is 1. The van der Waals surface area contributed by atoms with Gasteiger partial charge in [-0.3, -0.25) is 4.79 Å². The van der Waals surface area contributed by atoms with Crippen LogP contribution in [-0.4, -0.2) is 65.5 Å². The number of ether oxygens (including phenoxy) is 4. The summed E-state index contributed by atoms with van der Waals surface area (Å²) in [7, 11) is 0. The zero-order valence-electron chi connectivity index (χ0n) is 22.5. The number of carbonyl (C=O) groups excluding carboxylic acids is 1. The van der Waals surface area contributed by atoms with Crippen molar-refractivity contribution < 1.29 is 36.9 Å². The summed E-state index contributed by atoms with van der Waals surface area (Å²) >= 11 is 0. The number of rotatable bonds is 6. The molecule has 42 heavy (non-hydrogen) atoms. The highest BCUT2D eigenvalue weighted by molar-refractivity contribution is 5.96. The first kappa shape index (κ1) is 28.9. The van der Waals surface area contributed by atoms with Gasteiger partial charge in [0.15, 0.2) is 28.5 Å². The molecule has 0 aliphatic carbocycles. The van der Waals surface area contributed by atoms with Crippen LogP contribution in [0.1, 0.15) is 18.9 Å². The molecular formula is C27H28F3N7O5. The second-order valence-electron chi connectivity index (χ2n) is 8.99. The molecule has 15 heteroatoms. The first-order valence-corrected chi connectivity index (χ1v) is 13.1. The second kappa shape index (κ2) is 12.9. The predicted molar refractivity (Wildman–Crippen MR) is 148 cm³/mol. The highest BCUT2D eigenvalue weighted by Gasteiger charge is 2.31. The van der Waals surface area contributed by atoms with Crippen molar-refractivity contribution >= 4 is 45.9 Å². The molecule has 0 unspecified atom stereocenters. The van der Waals surface area contributed by atoms with Gasteiger partial charge < -0.3 is 39.9 Å². The van der Waals surface area contributed by atoms with Gasteiger partial charge in [-0.05, 0) is 30.3 Å². The van der Waals surface area contributed by atoms with Crippen LogP contribution >= 0.6 is 0 Å². The average molecular weight is 588 g/mol. The lowest BCUT2D eigenvalue weighted by Gasteiger charge is -2.17. The third-order valence-corrected chi connectivity index (χ3v) is 6.02. The molecule has 0 saturated carbocycles. The molecule has 1 aliphatic rings. The van der Waals surface area contributed by atoms with E-state index >= 15 is 0 Å². The van der Waals surface area contributed by atoms with Crippen molar-refractivity contribution in [2.75, 3.05) is 55.6 Å². The Morgan fingerprint density at radius 2 is 1.64 bits per heavy atom. The third-order valence-electron chi connectivity index (χ3n) is 6.02. The van der Waals surface area contributed by atoms with Gasteiger partial charge in [-0.2, -0.15) is 23.1 Å². The van der Waals surface area contributed by atoms with Crippen molar-refractivity contribution in [1.82, 2.24) is 19.9 Å². The molecule has 5 rings (SSSR count). The number of aromatic amines is 1. The largest absolute Gasteiger partial charge is 0.487 e. The topological polar surface area (TPSA) is 145 Å². The van der Waals surface area contributed by atoms with Crippen LogP contribution in [0.3, 0.4) is 0 Å². The number of anilines is 5. The molecule has 3 heterocycles. The summed E-state index contributed by atoms with van der Waals surface area (Å²) in [6, 6.07) is 8.22. The number of benzene rings is 2. The maximum absolute atomic E-state index is 13.4. The Morgan fingerprint density at radius 3 is 2.38 bits per heavy atom. The van der Waals surface area contributed by atoms with Crippen molar-refractivity contribution in [1.29, 1.82) is 0 Å². The Labute approximate surface area is 238 Å². The summed E-state index contributed by atoms with van der Waals surface area (Å²) in [4.78, 5) is 28.2. The van der Waals surface area contributed by atoms with Gasteiger partial charge >= 0.3 is 6.18 Å². The zero-order chi connectivity index (χ0) is 29.5. The van der Waals surface area contributed by atoms with Gasteiger partial charge in [0.25, 0.3) is 0 Å². The van der Waals surface area contributed by atoms with Crippen LogP contribution < -0.4 is 25.4 Å². The minimum atomic E-state index is -4.59. The van der Waals surface area contributed by atoms with Crippen LogP contribution in [0, 0.1) is 0 Å². The molecule has 0 atom stereocenters. The minimum absolute atomic E-state index is 0.0556. The number of imidazole rings is 1. The van der Waals surface area contributed by atoms with Gasteiger partial charge in [0.1, 0.15) is 13.2 Å². The SMILES string of the molecule is CCC(=O)Nc1cc(C(F)(F)F)ccc1Nc1nc(Nc2ccc3c(c2)OCCOCCOCCO3)nc2[nH]cnc12. The number of H-pyrrole nitrogens is 1. The Kier molecular flexibility index (Phi) is 8.88.